The molecule has 0 saturated carbocycles. The minimum absolute atomic E-state index is 0.00180. The lowest BCUT2D eigenvalue weighted by atomic mass is 10.1. The van der Waals surface area contributed by atoms with Crippen LogP contribution in [0.3, 0.4) is 0 Å². The van der Waals surface area contributed by atoms with Crippen LogP contribution in [0.4, 0.5) is 0 Å². The van der Waals surface area contributed by atoms with Crippen molar-refractivity contribution < 1.29 is 19.4 Å². The zero-order valence-electron chi connectivity index (χ0n) is 12.6. The predicted molar refractivity (Wildman–Crippen MR) is 80.6 cm³/mol. The smallest absolute Gasteiger partial charge is 0.260 e. The molecule has 1 amide bonds. The average molecular weight is 306 g/mol. The molecule has 6 heteroatoms. The van der Waals surface area contributed by atoms with Crippen LogP contribution in [0.15, 0.2) is 24.3 Å². The number of hydrogen-bond donors (Lipinski definition) is 1. The number of likely N-dealkylation sites (tertiary alicyclic amines) is 1. The molecular weight excluding hydrogens is 284 g/mol. The monoisotopic (exact) mass is 306 g/mol. The Morgan fingerprint density at radius 2 is 1.91 bits per heavy atom. The second kappa shape index (κ2) is 7.09. The van der Waals surface area contributed by atoms with Crippen LogP contribution < -0.4 is 4.74 Å². The molecule has 0 atom stereocenters. The number of benzene rings is 1. The second-order valence-electron chi connectivity index (χ2n) is 5.77. The molecule has 2 saturated heterocycles. The lowest BCUT2D eigenvalue weighted by molar-refractivity contribution is -0.137. The summed E-state index contributed by atoms with van der Waals surface area (Å²) >= 11 is 0. The lowest BCUT2D eigenvalue weighted by Crippen LogP contribution is -2.49. The molecule has 2 fully saturated rings. The first-order valence-electron chi connectivity index (χ1n) is 7.68. The molecule has 2 aliphatic heterocycles. The van der Waals surface area contributed by atoms with E-state index < -0.39 is 0 Å². The SMILES string of the molecule is O=C(COc1ccc(CN2CC(O)C2)cc1)N1CCOCC1. The van der Waals surface area contributed by atoms with Crippen molar-refractivity contribution in [2.75, 3.05) is 46.0 Å². The number of carbonyl (C=O) groups excluding carboxylic acids is 1. The molecule has 0 bridgehead atoms. The molecule has 2 heterocycles. The average Bonchev–Trinajstić information content (AvgIpc) is 2.53. The number of nitrogens with zero attached hydrogens (tertiary/aromatic N) is 2. The van der Waals surface area contributed by atoms with E-state index in [1.165, 1.54) is 5.56 Å². The Hall–Kier alpha value is -1.63. The van der Waals surface area contributed by atoms with Crippen LogP contribution in [0.5, 0.6) is 5.75 Å². The van der Waals surface area contributed by atoms with Crippen molar-refractivity contribution in [1.82, 2.24) is 9.80 Å². The van der Waals surface area contributed by atoms with Gasteiger partial charge in [-0.25, -0.2) is 0 Å². The van der Waals surface area contributed by atoms with E-state index in [1.54, 1.807) is 4.90 Å². The summed E-state index contributed by atoms with van der Waals surface area (Å²) in [6.07, 6.45) is -0.172. The van der Waals surface area contributed by atoms with Gasteiger partial charge < -0.3 is 19.5 Å². The summed E-state index contributed by atoms with van der Waals surface area (Å²) in [6.45, 7) is 4.88. The van der Waals surface area contributed by atoms with Gasteiger partial charge in [-0.15, -0.1) is 0 Å². The van der Waals surface area contributed by atoms with Crippen molar-refractivity contribution in [3.63, 3.8) is 0 Å². The van der Waals surface area contributed by atoms with E-state index in [1.807, 2.05) is 24.3 Å². The van der Waals surface area contributed by atoms with Crippen LogP contribution in [0.2, 0.25) is 0 Å². The number of β-amino-alcohol motifs (C(OH)–C–C–N with tert-alkyl or cyclic N) is 1. The van der Waals surface area contributed by atoms with Crippen LogP contribution in [0.1, 0.15) is 5.56 Å². The van der Waals surface area contributed by atoms with Gasteiger partial charge in [-0.2, -0.15) is 0 Å². The van der Waals surface area contributed by atoms with E-state index in [-0.39, 0.29) is 18.6 Å². The number of ether oxygens (including phenoxy) is 2. The summed E-state index contributed by atoms with van der Waals surface area (Å²) < 4.78 is 10.8. The van der Waals surface area contributed by atoms with Crippen molar-refractivity contribution in [1.29, 1.82) is 0 Å². The number of rotatable bonds is 5. The van der Waals surface area contributed by atoms with Gasteiger partial charge in [0.25, 0.3) is 5.91 Å². The fourth-order valence-corrected chi connectivity index (χ4v) is 2.67. The Balaban J connectivity index is 1.43. The van der Waals surface area contributed by atoms with Gasteiger partial charge in [0.15, 0.2) is 6.61 Å². The highest BCUT2D eigenvalue weighted by Crippen LogP contribution is 2.17. The number of morpholine rings is 1. The molecule has 22 heavy (non-hydrogen) atoms. The number of hydrogen-bond acceptors (Lipinski definition) is 5. The lowest BCUT2D eigenvalue weighted by Gasteiger charge is -2.35. The van der Waals surface area contributed by atoms with Crippen molar-refractivity contribution >= 4 is 5.91 Å². The first kappa shape index (κ1) is 15.3. The van der Waals surface area contributed by atoms with Crippen molar-refractivity contribution in [3.8, 4) is 5.75 Å². The summed E-state index contributed by atoms with van der Waals surface area (Å²) in [5.74, 6) is 0.705. The largest absolute Gasteiger partial charge is 0.484 e. The Kier molecular flexibility index (Phi) is 4.92. The second-order valence-corrected chi connectivity index (χ2v) is 5.77. The van der Waals surface area contributed by atoms with Gasteiger partial charge >= 0.3 is 0 Å². The molecule has 0 radical (unpaired) electrons. The molecule has 0 aliphatic carbocycles. The van der Waals surface area contributed by atoms with Crippen molar-refractivity contribution in [2.45, 2.75) is 12.6 Å². The van der Waals surface area contributed by atoms with Crippen LogP contribution in [-0.4, -0.2) is 72.9 Å². The number of aliphatic hydroxyl groups excluding tert-OH is 1. The van der Waals surface area contributed by atoms with Crippen molar-refractivity contribution in [3.05, 3.63) is 29.8 Å². The first-order chi connectivity index (χ1) is 10.7. The summed E-state index contributed by atoms with van der Waals surface area (Å²) in [5, 5.41) is 9.26. The number of aliphatic hydroxyl groups is 1. The maximum absolute atomic E-state index is 12.0. The Labute approximate surface area is 130 Å². The number of amides is 1. The predicted octanol–water partition coefficient (Wildman–Crippen LogP) is 0.101. The highest BCUT2D eigenvalue weighted by atomic mass is 16.5. The molecule has 6 nitrogen and oxygen atoms in total. The van der Waals surface area contributed by atoms with Gasteiger partial charge in [-0.1, -0.05) is 12.1 Å². The maximum Gasteiger partial charge on any atom is 0.260 e. The molecule has 3 rings (SSSR count). The van der Waals surface area contributed by atoms with Gasteiger partial charge in [-0.05, 0) is 17.7 Å². The van der Waals surface area contributed by atoms with Gasteiger partial charge in [0.2, 0.25) is 0 Å². The Bertz CT molecular complexity index is 493. The van der Waals surface area contributed by atoms with Crippen LogP contribution in [0, 0.1) is 0 Å². The molecular formula is C16H22N2O4. The fourth-order valence-electron chi connectivity index (χ4n) is 2.67. The highest BCUT2D eigenvalue weighted by molar-refractivity contribution is 5.77. The zero-order valence-corrected chi connectivity index (χ0v) is 12.6. The van der Waals surface area contributed by atoms with Crippen LogP contribution >= 0.6 is 0 Å². The first-order valence-corrected chi connectivity index (χ1v) is 7.68. The molecule has 0 unspecified atom stereocenters. The van der Waals surface area contributed by atoms with E-state index in [4.69, 9.17) is 9.47 Å². The summed E-state index contributed by atoms with van der Waals surface area (Å²) in [5.41, 5.74) is 1.18. The third-order valence-corrected chi connectivity index (χ3v) is 3.99. The molecule has 1 aromatic carbocycles. The Morgan fingerprint density at radius 1 is 1.23 bits per heavy atom. The third-order valence-electron chi connectivity index (χ3n) is 3.99. The molecule has 1 N–H and O–H groups in total. The highest BCUT2D eigenvalue weighted by Gasteiger charge is 2.23. The molecule has 1 aromatic rings. The maximum atomic E-state index is 12.0. The van der Waals surface area contributed by atoms with Gasteiger partial charge in [0.05, 0.1) is 19.3 Å². The third kappa shape index (κ3) is 3.97. The van der Waals surface area contributed by atoms with E-state index in [0.29, 0.717) is 32.1 Å². The van der Waals surface area contributed by atoms with Gasteiger partial charge in [0, 0.05) is 32.7 Å². The van der Waals surface area contributed by atoms with E-state index in [0.717, 1.165) is 19.6 Å². The normalized spacial score (nSPS) is 19.8. The summed E-state index contributed by atoms with van der Waals surface area (Å²) in [7, 11) is 0. The molecule has 0 spiro atoms. The van der Waals surface area contributed by atoms with E-state index >= 15 is 0 Å². The Morgan fingerprint density at radius 3 is 2.55 bits per heavy atom. The van der Waals surface area contributed by atoms with E-state index in [2.05, 4.69) is 4.90 Å². The summed E-state index contributed by atoms with van der Waals surface area (Å²) in [6, 6.07) is 7.77. The number of carbonyl (C=O) groups is 1. The minimum atomic E-state index is -0.172. The van der Waals surface area contributed by atoms with Gasteiger partial charge in [0.1, 0.15) is 5.75 Å². The standard InChI is InChI=1S/C16H22N2O4/c19-14-10-17(11-14)9-13-1-3-15(4-2-13)22-12-16(20)18-5-7-21-8-6-18/h1-4,14,19H,5-12H2. The molecule has 2 aliphatic rings. The van der Waals surface area contributed by atoms with E-state index in [9.17, 15) is 9.90 Å². The van der Waals surface area contributed by atoms with Crippen LogP contribution in [-0.2, 0) is 16.1 Å². The van der Waals surface area contributed by atoms with Crippen molar-refractivity contribution in [2.24, 2.45) is 0 Å². The minimum Gasteiger partial charge on any atom is -0.484 e. The van der Waals surface area contributed by atoms with Gasteiger partial charge in [-0.3, -0.25) is 9.69 Å². The molecule has 120 valence electrons. The quantitative estimate of drug-likeness (QED) is 0.836. The molecule has 0 aromatic heterocycles. The topological polar surface area (TPSA) is 62.2 Å². The van der Waals surface area contributed by atoms with Crippen LogP contribution in [0.25, 0.3) is 0 Å². The fraction of sp³-hybridized carbons (Fsp3) is 0.562. The summed E-state index contributed by atoms with van der Waals surface area (Å²) in [4.78, 5) is 15.9. The zero-order chi connectivity index (χ0) is 15.4.